The predicted octanol–water partition coefficient (Wildman–Crippen LogP) is 2.59. The summed E-state index contributed by atoms with van der Waals surface area (Å²) in [5.74, 6) is 1.33. The summed E-state index contributed by atoms with van der Waals surface area (Å²) >= 11 is 5.64. The van der Waals surface area contributed by atoms with Crippen LogP contribution in [0.5, 0.6) is 0 Å². The molecule has 1 unspecified atom stereocenters. The Balaban J connectivity index is 3.34. The van der Waals surface area contributed by atoms with Crippen molar-refractivity contribution in [3.8, 4) is 0 Å². The molecule has 0 aliphatic carbocycles. The summed E-state index contributed by atoms with van der Waals surface area (Å²) in [5.41, 5.74) is 0. The van der Waals surface area contributed by atoms with Gasteiger partial charge in [0.2, 0.25) is 0 Å². The van der Waals surface area contributed by atoms with Crippen molar-refractivity contribution >= 4 is 11.6 Å². The van der Waals surface area contributed by atoms with Gasteiger partial charge in [-0.25, -0.2) is 4.39 Å². The van der Waals surface area contributed by atoms with Gasteiger partial charge in [0.25, 0.3) is 0 Å². The molecule has 1 atom stereocenters. The van der Waals surface area contributed by atoms with Gasteiger partial charge < -0.3 is 5.32 Å². The van der Waals surface area contributed by atoms with E-state index in [1.54, 1.807) is 0 Å². The van der Waals surface area contributed by atoms with Gasteiger partial charge >= 0.3 is 0 Å². The fourth-order valence-corrected chi connectivity index (χ4v) is 1.59. The molecule has 1 nitrogen and oxygen atoms in total. The highest BCUT2D eigenvalue weighted by Crippen LogP contribution is 2.10. The van der Waals surface area contributed by atoms with Gasteiger partial charge in [-0.2, -0.15) is 0 Å². The Bertz CT molecular complexity index is 84.6. The van der Waals surface area contributed by atoms with Crippen molar-refractivity contribution < 1.29 is 4.39 Å². The highest BCUT2D eigenvalue weighted by Gasteiger charge is 2.05. The average Bonchev–Trinajstić information content (AvgIpc) is 2.06. The smallest absolute Gasteiger partial charge is 0.102 e. The maximum atomic E-state index is 11.7. The maximum absolute atomic E-state index is 11.7. The molecule has 0 amide bonds. The molecule has 0 fully saturated rings. The highest BCUT2D eigenvalue weighted by molar-refractivity contribution is 6.17. The summed E-state index contributed by atoms with van der Waals surface area (Å²) in [5, 5.41) is 3.07. The Kier molecular flexibility index (Phi) is 9.41. The quantitative estimate of drug-likeness (QED) is 0.464. The molecular weight excluding hydrogens is 177 g/mol. The van der Waals surface area contributed by atoms with E-state index in [4.69, 9.17) is 11.6 Å². The van der Waals surface area contributed by atoms with Crippen LogP contribution in [0, 0.1) is 5.92 Å². The second-order valence-electron chi connectivity index (χ2n) is 3.03. The van der Waals surface area contributed by atoms with Crippen molar-refractivity contribution in [3.05, 3.63) is 0 Å². The first-order valence-electron chi connectivity index (χ1n) is 4.67. The lowest BCUT2D eigenvalue weighted by atomic mass is 10.0. The minimum Gasteiger partial charge on any atom is -0.314 e. The zero-order valence-electron chi connectivity index (χ0n) is 7.78. The van der Waals surface area contributed by atoms with Crippen LogP contribution in [0.25, 0.3) is 0 Å². The van der Waals surface area contributed by atoms with Gasteiger partial charge in [-0.05, 0) is 25.3 Å². The van der Waals surface area contributed by atoms with Crippen molar-refractivity contribution in [2.75, 3.05) is 25.6 Å². The summed E-state index contributed by atoms with van der Waals surface area (Å²) < 4.78 is 11.7. The van der Waals surface area contributed by atoms with E-state index in [0.29, 0.717) is 18.3 Å². The van der Waals surface area contributed by atoms with E-state index in [9.17, 15) is 4.39 Å². The zero-order chi connectivity index (χ0) is 9.23. The van der Waals surface area contributed by atoms with Crippen LogP contribution in [-0.2, 0) is 0 Å². The third kappa shape index (κ3) is 6.86. The van der Waals surface area contributed by atoms with Crippen LogP contribution in [0.3, 0.4) is 0 Å². The van der Waals surface area contributed by atoms with Gasteiger partial charge in [0, 0.05) is 12.4 Å². The molecule has 0 bridgehead atoms. The molecule has 74 valence electrons. The van der Waals surface area contributed by atoms with Gasteiger partial charge in [0.15, 0.2) is 0 Å². The molecule has 1 N–H and O–H groups in total. The van der Waals surface area contributed by atoms with Crippen LogP contribution in [0.4, 0.5) is 4.39 Å². The predicted molar refractivity (Wildman–Crippen MR) is 52.6 cm³/mol. The Morgan fingerprint density at radius 3 is 2.67 bits per heavy atom. The SMILES string of the molecule is CCCC(CCCl)CNCCF. The summed E-state index contributed by atoms with van der Waals surface area (Å²) in [4.78, 5) is 0. The molecule has 0 radical (unpaired) electrons. The standard InChI is InChI=1S/C9H19ClFN/c1-2-3-9(4-5-10)8-12-7-6-11/h9,12H,2-8H2,1H3. The second-order valence-corrected chi connectivity index (χ2v) is 3.40. The lowest BCUT2D eigenvalue weighted by Gasteiger charge is -2.14. The Morgan fingerprint density at radius 1 is 1.42 bits per heavy atom. The van der Waals surface area contributed by atoms with Crippen molar-refractivity contribution in [2.24, 2.45) is 5.92 Å². The lowest BCUT2D eigenvalue weighted by Crippen LogP contribution is -2.25. The molecule has 0 aliphatic heterocycles. The molecule has 0 aromatic rings. The fourth-order valence-electron chi connectivity index (χ4n) is 1.28. The number of hydrogen-bond donors (Lipinski definition) is 1. The van der Waals surface area contributed by atoms with E-state index >= 15 is 0 Å². The molecule has 3 heteroatoms. The van der Waals surface area contributed by atoms with Crippen LogP contribution in [0.1, 0.15) is 26.2 Å². The average molecular weight is 196 g/mol. The number of rotatable bonds is 8. The highest BCUT2D eigenvalue weighted by atomic mass is 35.5. The van der Waals surface area contributed by atoms with E-state index in [1.165, 1.54) is 12.8 Å². The number of hydrogen-bond acceptors (Lipinski definition) is 1. The molecule has 0 saturated carbocycles. The minimum atomic E-state index is -0.278. The zero-order valence-corrected chi connectivity index (χ0v) is 8.54. The topological polar surface area (TPSA) is 12.0 Å². The van der Waals surface area contributed by atoms with Crippen molar-refractivity contribution in [1.82, 2.24) is 5.32 Å². The van der Waals surface area contributed by atoms with Crippen molar-refractivity contribution in [1.29, 1.82) is 0 Å². The molecule has 0 rings (SSSR count). The number of alkyl halides is 2. The second kappa shape index (κ2) is 9.27. The first-order valence-corrected chi connectivity index (χ1v) is 5.21. The van der Waals surface area contributed by atoms with E-state index in [-0.39, 0.29) is 6.67 Å². The molecular formula is C9H19ClFN. The number of halogens is 2. The van der Waals surface area contributed by atoms with E-state index < -0.39 is 0 Å². The third-order valence-electron chi connectivity index (χ3n) is 1.92. The molecule has 0 aliphatic rings. The van der Waals surface area contributed by atoms with Gasteiger partial charge in [0.05, 0.1) is 0 Å². The van der Waals surface area contributed by atoms with Gasteiger partial charge in [-0.3, -0.25) is 0 Å². The van der Waals surface area contributed by atoms with Gasteiger partial charge in [-0.1, -0.05) is 13.3 Å². The van der Waals surface area contributed by atoms with Crippen LogP contribution >= 0.6 is 11.6 Å². The maximum Gasteiger partial charge on any atom is 0.102 e. The Morgan fingerprint density at radius 2 is 2.17 bits per heavy atom. The Hall–Kier alpha value is 0.180. The van der Waals surface area contributed by atoms with Crippen LogP contribution in [0.2, 0.25) is 0 Å². The van der Waals surface area contributed by atoms with Crippen LogP contribution in [0.15, 0.2) is 0 Å². The molecule has 0 saturated heterocycles. The van der Waals surface area contributed by atoms with E-state index in [0.717, 1.165) is 13.0 Å². The Labute approximate surface area is 79.7 Å². The van der Waals surface area contributed by atoms with Crippen LogP contribution in [-0.4, -0.2) is 25.6 Å². The van der Waals surface area contributed by atoms with Crippen LogP contribution < -0.4 is 5.32 Å². The minimum absolute atomic E-state index is 0.278. The van der Waals surface area contributed by atoms with Gasteiger partial charge in [0.1, 0.15) is 6.67 Å². The van der Waals surface area contributed by atoms with Crippen molar-refractivity contribution in [3.63, 3.8) is 0 Å². The first kappa shape index (κ1) is 12.2. The molecule has 0 aromatic heterocycles. The molecule has 0 heterocycles. The van der Waals surface area contributed by atoms with Gasteiger partial charge in [-0.15, -0.1) is 11.6 Å². The first-order chi connectivity index (χ1) is 5.85. The largest absolute Gasteiger partial charge is 0.314 e. The lowest BCUT2D eigenvalue weighted by molar-refractivity contribution is 0.403. The molecule has 0 spiro atoms. The monoisotopic (exact) mass is 195 g/mol. The van der Waals surface area contributed by atoms with E-state index in [2.05, 4.69) is 12.2 Å². The summed E-state index contributed by atoms with van der Waals surface area (Å²) in [6.45, 7) is 3.27. The summed E-state index contributed by atoms with van der Waals surface area (Å²) in [7, 11) is 0. The normalized spacial score (nSPS) is 13.2. The summed E-state index contributed by atoms with van der Waals surface area (Å²) in [6.07, 6.45) is 3.40. The molecule has 12 heavy (non-hydrogen) atoms. The van der Waals surface area contributed by atoms with Crippen molar-refractivity contribution in [2.45, 2.75) is 26.2 Å². The fraction of sp³-hybridized carbons (Fsp3) is 1.00. The van der Waals surface area contributed by atoms with E-state index in [1.807, 2.05) is 0 Å². The number of nitrogens with one attached hydrogen (secondary N) is 1. The molecule has 0 aromatic carbocycles. The third-order valence-corrected chi connectivity index (χ3v) is 2.14. The summed E-state index contributed by atoms with van der Waals surface area (Å²) in [6, 6.07) is 0.